The van der Waals surface area contributed by atoms with Crippen molar-refractivity contribution in [3.63, 3.8) is 0 Å². The molecule has 2 rings (SSSR count). The van der Waals surface area contributed by atoms with Crippen LogP contribution in [0.15, 0.2) is 42.6 Å². The highest BCUT2D eigenvalue weighted by atomic mass is 16.1. The van der Waals surface area contributed by atoms with Crippen molar-refractivity contribution in [3.8, 4) is 0 Å². The molecule has 2 aromatic rings. The third-order valence-corrected chi connectivity index (χ3v) is 6.24. The number of aromatic nitrogens is 1. The molecule has 0 radical (unpaired) electrons. The van der Waals surface area contributed by atoms with Crippen molar-refractivity contribution >= 4 is 16.8 Å². The molecule has 0 spiro atoms. The first kappa shape index (κ1) is 25.4. The van der Waals surface area contributed by atoms with Gasteiger partial charge in [0, 0.05) is 23.9 Å². The Bertz CT molecular complexity index is 723. The number of rotatable bonds is 18. The van der Waals surface area contributed by atoms with Crippen LogP contribution in [0.2, 0.25) is 0 Å². The van der Waals surface area contributed by atoms with E-state index in [4.69, 9.17) is 0 Å². The number of nitrogens with zero attached hydrogens (tertiary/aromatic N) is 1. The predicted molar refractivity (Wildman–Crippen MR) is 132 cm³/mol. The molecule has 0 aliphatic carbocycles. The average molecular weight is 426 g/mol. The van der Waals surface area contributed by atoms with Crippen LogP contribution in [0.5, 0.6) is 0 Å². The van der Waals surface area contributed by atoms with Crippen molar-refractivity contribution in [1.82, 2.24) is 5.32 Å². The fraction of sp³-hybridized carbons (Fsp3) is 0.643. The van der Waals surface area contributed by atoms with Gasteiger partial charge in [0.2, 0.25) is 18.1 Å². The van der Waals surface area contributed by atoms with Crippen molar-refractivity contribution < 1.29 is 9.36 Å². The molecule has 0 unspecified atom stereocenters. The van der Waals surface area contributed by atoms with Gasteiger partial charge in [-0.05, 0) is 18.6 Å². The molecular formula is C28H45N2O+. The number of hydrogen-bond acceptors (Lipinski definition) is 1. The molecule has 0 bridgehead atoms. The highest BCUT2D eigenvalue weighted by molar-refractivity contribution is 5.76. The Labute approximate surface area is 190 Å². The topological polar surface area (TPSA) is 33.0 Å². The van der Waals surface area contributed by atoms with E-state index in [1.54, 1.807) is 0 Å². The average Bonchev–Trinajstić information content (AvgIpc) is 2.80. The summed E-state index contributed by atoms with van der Waals surface area (Å²) in [6.45, 7) is 2.82. The van der Waals surface area contributed by atoms with E-state index in [-0.39, 0.29) is 5.91 Å². The number of carbonyl (C=O) groups is 1. The van der Waals surface area contributed by atoms with E-state index in [0.717, 1.165) is 11.9 Å². The second kappa shape index (κ2) is 16.8. The van der Waals surface area contributed by atoms with Gasteiger partial charge in [-0.25, -0.2) is 0 Å². The van der Waals surface area contributed by atoms with Crippen LogP contribution in [0, 0.1) is 0 Å². The second-order valence-electron chi connectivity index (χ2n) is 8.99. The van der Waals surface area contributed by atoms with Crippen LogP contribution in [0.4, 0.5) is 0 Å². The second-order valence-corrected chi connectivity index (χ2v) is 8.99. The molecule has 0 saturated heterocycles. The molecule has 0 aliphatic rings. The molecule has 1 aromatic carbocycles. The highest BCUT2D eigenvalue weighted by Crippen LogP contribution is 2.13. The number of pyridine rings is 1. The number of para-hydroxylation sites is 1. The van der Waals surface area contributed by atoms with Crippen LogP contribution in [-0.2, 0) is 11.5 Å². The molecule has 1 heterocycles. The smallest absolute Gasteiger partial charge is 0.224 e. The summed E-state index contributed by atoms with van der Waals surface area (Å²) in [5.41, 5.74) is 1.15. The summed E-state index contributed by atoms with van der Waals surface area (Å²) in [4.78, 5) is 12.2. The summed E-state index contributed by atoms with van der Waals surface area (Å²) in [5, 5.41) is 4.26. The predicted octanol–water partition coefficient (Wildman–Crippen LogP) is 7.46. The molecule has 3 nitrogen and oxygen atoms in total. The van der Waals surface area contributed by atoms with E-state index in [0.29, 0.717) is 13.1 Å². The monoisotopic (exact) mass is 425 g/mol. The van der Waals surface area contributed by atoms with Gasteiger partial charge < -0.3 is 5.32 Å². The van der Waals surface area contributed by atoms with Crippen molar-refractivity contribution in [1.29, 1.82) is 0 Å². The molecule has 0 aliphatic heterocycles. The van der Waals surface area contributed by atoms with Crippen molar-refractivity contribution in [2.24, 2.45) is 0 Å². The number of nitrogens with one attached hydrogen (secondary N) is 1. The lowest BCUT2D eigenvalue weighted by Gasteiger charge is -2.05. The minimum atomic E-state index is 0.162. The van der Waals surface area contributed by atoms with Gasteiger partial charge in [-0.1, -0.05) is 109 Å². The summed E-state index contributed by atoms with van der Waals surface area (Å²) in [6.07, 6.45) is 22.9. The maximum Gasteiger partial charge on any atom is 0.224 e. The van der Waals surface area contributed by atoms with Crippen molar-refractivity contribution in [2.45, 2.75) is 116 Å². The van der Waals surface area contributed by atoms with Gasteiger partial charge in [0.05, 0.1) is 0 Å². The lowest BCUT2D eigenvalue weighted by molar-refractivity contribution is -0.674. The summed E-state index contributed by atoms with van der Waals surface area (Å²) in [5.74, 6) is 0.162. The third-order valence-electron chi connectivity index (χ3n) is 6.24. The molecule has 1 aromatic heterocycles. The summed E-state index contributed by atoms with van der Waals surface area (Å²) in [7, 11) is 0. The maximum absolute atomic E-state index is 12.2. The number of amides is 1. The molecule has 172 valence electrons. The quantitative estimate of drug-likeness (QED) is 0.195. The zero-order valence-electron chi connectivity index (χ0n) is 19.9. The first-order chi connectivity index (χ1) is 15.3. The maximum atomic E-state index is 12.2. The fourth-order valence-corrected chi connectivity index (χ4v) is 4.28. The molecule has 1 N–H and O–H groups in total. The zero-order chi connectivity index (χ0) is 22.0. The van der Waals surface area contributed by atoms with Gasteiger partial charge in [0.1, 0.15) is 0 Å². The van der Waals surface area contributed by atoms with E-state index in [9.17, 15) is 4.79 Å². The Kier molecular flexibility index (Phi) is 13.7. The van der Waals surface area contributed by atoms with Gasteiger partial charge in [-0.15, -0.1) is 0 Å². The molecule has 1 amide bonds. The number of carbonyl (C=O) groups excluding carboxylic acids is 1. The Morgan fingerprint density at radius 3 is 1.84 bits per heavy atom. The minimum Gasteiger partial charge on any atom is -0.301 e. The van der Waals surface area contributed by atoms with E-state index < -0.39 is 0 Å². The lowest BCUT2D eigenvalue weighted by Crippen LogP contribution is -2.43. The van der Waals surface area contributed by atoms with E-state index in [1.165, 1.54) is 95.3 Å². The number of hydrogen-bond donors (Lipinski definition) is 1. The zero-order valence-corrected chi connectivity index (χ0v) is 19.9. The van der Waals surface area contributed by atoms with Crippen LogP contribution in [0.3, 0.4) is 0 Å². The molecule has 0 saturated carbocycles. The first-order valence-electron chi connectivity index (χ1n) is 12.9. The van der Waals surface area contributed by atoms with Crippen molar-refractivity contribution in [2.75, 3.05) is 0 Å². The molecule has 0 atom stereocenters. The van der Waals surface area contributed by atoms with E-state index in [2.05, 4.69) is 35.0 Å². The van der Waals surface area contributed by atoms with Gasteiger partial charge in [0.25, 0.3) is 0 Å². The largest absolute Gasteiger partial charge is 0.301 e. The summed E-state index contributed by atoms with van der Waals surface area (Å²) < 4.78 is 2.10. The Balaban J connectivity index is 1.39. The minimum absolute atomic E-state index is 0.162. The van der Waals surface area contributed by atoms with Crippen LogP contribution >= 0.6 is 0 Å². The third kappa shape index (κ3) is 11.3. The van der Waals surface area contributed by atoms with Crippen LogP contribution in [0.25, 0.3) is 10.9 Å². The summed E-state index contributed by atoms with van der Waals surface area (Å²) in [6, 6.07) is 12.4. The molecule has 0 fully saturated rings. The highest BCUT2D eigenvalue weighted by Gasteiger charge is 2.09. The van der Waals surface area contributed by atoms with Gasteiger partial charge in [-0.2, -0.15) is 4.57 Å². The Morgan fingerprint density at radius 1 is 0.710 bits per heavy atom. The molecule has 31 heavy (non-hydrogen) atoms. The van der Waals surface area contributed by atoms with E-state index in [1.807, 2.05) is 24.4 Å². The SMILES string of the molecule is CCCCCCCCCCCCCCCCCC(=O)NC[n+]1cccc2ccccc21. The van der Waals surface area contributed by atoms with Gasteiger partial charge >= 0.3 is 0 Å². The Morgan fingerprint density at radius 2 is 1.23 bits per heavy atom. The fourth-order valence-electron chi connectivity index (χ4n) is 4.28. The summed E-state index contributed by atoms with van der Waals surface area (Å²) >= 11 is 0. The van der Waals surface area contributed by atoms with Crippen LogP contribution < -0.4 is 9.88 Å². The Hall–Kier alpha value is -1.90. The molecular weight excluding hydrogens is 380 g/mol. The van der Waals surface area contributed by atoms with Crippen molar-refractivity contribution in [3.05, 3.63) is 42.6 Å². The number of fused-ring (bicyclic) bond motifs is 1. The lowest BCUT2D eigenvalue weighted by atomic mass is 10.0. The van der Waals surface area contributed by atoms with Gasteiger partial charge in [-0.3, -0.25) is 4.79 Å². The van der Waals surface area contributed by atoms with Crippen LogP contribution in [-0.4, -0.2) is 5.91 Å². The van der Waals surface area contributed by atoms with Crippen LogP contribution in [0.1, 0.15) is 110 Å². The van der Waals surface area contributed by atoms with E-state index >= 15 is 0 Å². The molecule has 3 heteroatoms. The normalized spacial score (nSPS) is 11.1. The van der Waals surface area contributed by atoms with Gasteiger partial charge in [0.15, 0.2) is 6.20 Å². The number of unbranched alkanes of at least 4 members (excludes halogenated alkanes) is 14. The number of benzene rings is 1. The standard InChI is InChI=1S/C28H44N2O/c1-2-3-4-5-6-7-8-9-10-11-12-13-14-15-16-23-28(31)29-25-30-24-19-21-26-20-17-18-22-27(26)30/h17-22,24H,2-16,23,25H2,1H3/p+1. The first-order valence-corrected chi connectivity index (χ1v) is 12.9.